The number of hydrogen-bond donors (Lipinski definition) is 2. The van der Waals surface area contributed by atoms with Crippen molar-refractivity contribution in [3.8, 4) is 17.2 Å². The minimum absolute atomic E-state index is 0.127. The van der Waals surface area contributed by atoms with E-state index in [0.29, 0.717) is 40.2 Å². The summed E-state index contributed by atoms with van der Waals surface area (Å²) in [6.45, 7) is 1.76. The summed E-state index contributed by atoms with van der Waals surface area (Å²) in [5, 5.41) is 9.49. The van der Waals surface area contributed by atoms with Gasteiger partial charge in [0.05, 0.1) is 13.7 Å². The summed E-state index contributed by atoms with van der Waals surface area (Å²) >= 11 is 1.31. The summed E-state index contributed by atoms with van der Waals surface area (Å²) in [5.74, 6) is 1.54. The number of fused-ring (bicyclic) bond motifs is 1. The number of rotatable bonds is 6. The normalized spacial score (nSPS) is 10.7. The largest absolute Gasteiger partial charge is 0.496 e. The maximum atomic E-state index is 12.9. The lowest BCUT2D eigenvalue weighted by molar-refractivity contribution is -0.119. The van der Waals surface area contributed by atoms with Crippen molar-refractivity contribution in [1.82, 2.24) is 10.3 Å². The maximum Gasteiger partial charge on any atom is 0.258 e. The zero-order valence-electron chi connectivity index (χ0n) is 16.4. The molecule has 2 aromatic heterocycles. The quantitative estimate of drug-likeness (QED) is 0.480. The van der Waals surface area contributed by atoms with Gasteiger partial charge in [-0.05, 0) is 29.7 Å². The van der Waals surface area contributed by atoms with Gasteiger partial charge >= 0.3 is 0 Å². The van der Waals surface area contributed by atoms with Crippen molar-refractivity contribution in [3.05, 3.63) is 65.2 Å². The van der Waals surface area contributed by atoms with E-state index in [1.165, 1.54) is 18.3 Å². The fraction of sp³-hybridized carbons (Fsp3) is 0.136. The number of carbonyl (C=O) groups is 2. The minimum atomic E-state index is -0.249. The Morgan fingerprint density at radius 3 is 2.67 bits per heavy atom. The van der Waals surface area contributed by atoms with Gasteiger partial charge in [0.15, 0.2) is 10.9 Å². The summed E-state index contributed by atoms with van der Waals surface area (Å²) in [5.41, 5.74) is 1.16. The number of aromatic nitrogens is 1. The van der Waals surface area contributed by atoms with Crippen LogP contribution in [0.3, 0.4) is 0 Å². The van der Waals surface area contributed by atoms with E-state index >= 15 is 0 Å². The molecule has 0 aliphatic heterocycles. The smallest absolute Gasteiger partial charge is 0.258 e. The minimum Gasteiger partial charge on any atom is -0.496 e. The molecule has 0 aliphatic carbocycles. The van der Waals surface area contributed by atoms with E-state index in [1.54, 1.807) is 31.4 Å². The van der Waals surface area contributed by atoms with Crippen LogP contribution in [-0.4, -0.2) is 23.9 Å². The van der Waals surface area contributed by atoms with Crippen molar-refractivity contribution in [1.29, 1.82) is 0 Å². The highest BCUT2D eigenvalue weighted by molar-refractivity contribution is 7.14. The standard InChI is InChI=1S/C22H19N3O4S/c1-13(26)23-11-14-7-9-20(29-14)18-12-30-22(24-18)25-21(27)17-8-10-19(28-2)16-6-4-3-5-15(16)17/h3-10,12H,11H2,1-2H3,(H,23,26)(H,24,25,27). The van der Waals surface area contributed by atoms with E-state index < -0.39 is 0 Å². The zero-order chi connectivity index (χ0) is 21.1. The van der Waals surface area contributed by atoms with Crippen LogP contribution >= 0.6 is 11.3 Å². The Balaban J connectivity index is 1.53. The van der Waals surface area contributed by atoms with Gasteiger partial charge in [0.2, 0.25) is 5.91 Å². The summed E-state index contributed by atoms with van der Waals surface area (Å²) < 4.78 is 11.1. The molecule has 0 saturated carbocycles. The number of amides is 2. The third-order valence-electron chi connectivity index (χ3n) is 4.50. The van der Waals surface area contributed by atoms with E-state index in [0.717, 1.165) is 10.8 Å². The number of methoxy groups -OCH3 is 1. The Kier molecular flexibility index (Phi) is 5.49. The van der Waals surface area contributed by atoms with Crippen molar-refractivity contribution < 1.29 is 18.7 Å². The number of carbonyl (C=O) groups excluding carboxylic acids is 2. The predicted molar refractivity (Wildman–Crippen MR) is 116 cm³/mol. The van der Waals surface area contributed by atoms with Crippen LogP contribution in [-0.2, 0) is 11.3 Å². The Bertz CT molecular complexity index is 1230. The van der Waals surface area contributed by atoms with Gasteiger partial charge < -0.3 is 14.5 Å². The number of furan rings is 1. The number of hydrogen-bond acceptors (Lipinski definition) is 6. The molecule has 8 heteroatoms. The molecule has 2 N–H and O–H groups in total. The van der Waals surface area contributed by atoms with Crippen LogP contribution < -0.4 is 15.4 Å². The van der Waals surface area contributed by atoms with Crippen molar-refractivity contribution >= 4 is 39.1 Å². The van der Waals surface area contributed by atoms with Crippen LogP contribution in [0.15, 0.2) is 58.3 Å². The number of benzene rings is 2. The Morgan fingerprint density at radius 2 is 1.90 bits per heavy atom. The topological polar surface area (TPSA) is 93.5 Å². The van der Waals surface area contributed by atoms with E-state index in [2.05, 4.69) is 15.6 Å². The van der Waals surface area contributed by atoms with E-state index in [1.807, 2.05) is 29.6 Å². The average Bonchev–Trinajstić information content (AvgIpc) is 3.40. The van der Waals surface area contributed by atoms with E-state index in [4.69, 9.17) is 9.15 Å². The molecule has 30 heavy (non-hydrogen) atoms. The third-order valence-corrected chi connectivity index (χ3v) is 5.26. The first-order chi connectivity index (χ1) is 14.5. The van der Waals surface area contributed by atoms with Crippen LogP contribution in [0.4, 0.5) is 5.13 Å². The lowest BCUT2D eigenvalue weighted by atomic mass is 10.0. The molecule has 0 spiro atoms. The number of ether oxygens (including phenoxy) is 1. The first-order valence-corrected chi connectivity index (χ1v) is 10.1. The predicted octanol–water partition coefficient (Wildman–Crippen LogP) is 4.45. The molecular formula is C22H19N3O4S. The first kappa shape index (κ1) is 19.7. The lowest BCUT2D eigenvalue weighted by Crippen LogP contribution is -2.18. The van der Waals surface area contributed by atoms with Gasteiger partial charge in [-0.25, -0.2) is 4.98 Å². The highest BCUT2D eigenvalue weighted by Gasteiger charge is 2.15. The molecule has 0 atom stereocenters. The number of nitrogens with one attached hydrogen (secondary N) is 2. The van der Waals surface area contributed by atoms with Gasteiger partial charge in [-0.1, -0.05) is 24.3 Å². The number of nitrogens with zero attached hydrogens (tertiary/aromatic N) is 1. The molecule has 0 radical (unpaired) electrons. The Morgan fingerprint density at radius 1 is 1.10 bits per heavy atom. The second-order valence-electron chi connectivity index (χ2n) is 6.53. The molecule has 152 valence electrons. The fourth-order valence-corrected chi connectivity index (χ4v) is 3.77. The SMILES string of the molecule is COc1ccc(C(=O)Nc2nc(-c3ccc(CNC(C)=O)o3)cs2)c2ccccc12. The molecule has 2 amide bonds. The average molecular weight is 421 g/mol. The lowest BCUT2D eigenvalue weighted by Gasteiger charge is -2.09. The van der Waals surface area contributed by atoms with Gasteiger partial charge in [-0.3, -0.25) is 14.9 Å². The highest BCUT2D eigenvalue weighted by Crippen LogP contribution is 2.30. The van der Waals surface area contributed by atoms with E-state index in [9.17, 15) is 9.59 Å². The van der Waals surface area contributed by atoms with Gasteiger partial charge in [-0.15, -0.1) is 11.3 Å². The summed E-state index contributed by atoms with van der Waals surface area (Å²) in [7, 11) is 1.61. The molecule has 0 aliphatic rings. The maximum absolute atomic E-state index is 12.9. The van der Waals surface area contributed by atoms with Gasteiger partial charge in [0, 0.05) is 23.3 Å². The molecular weight excluding hydrogens is 402 g/mol. The molecule has 0 bridgehead atoms. The molecule has 4 aromatic rings. The second-order valence-corrected chi connectivity index (χ2v) is 7.39. The highest BCUT2D eigenvalue weighted by atomic mass is 32.1. The number of anilines is 1. The molecule has 4 rings (SSSR count). The molecule has 2 heterocycles. The van der Waals surface area contributed by atoms with Crippen LogP contribution in [0.2, 0.25) is 0 Å². The summed E-state index contributed by atoms with van der Waals surface area (Å²) in [6, 6.07) is 14.7. The Hall–Kier alpha value is -3.65. The van der Waals surface area contributed by atoms with Crippen LogP contribution in [0.25, 0.3) is 22.2 Å². The number of thiazole rings is 1. The summed E-state index contributed by atoms with van der Waals surface area (Å²) in [4.78, 5) is 28.4. The Labute approximate surface area is 176 Å². The van der Waals surface area contributed by atoms with Crippen molar-refractivity contribution in [2.45, 2.75) is 13.5 Å². The zero-order valence-corrected chi connectivity index (χ0v) is 17.2. The third kappa shape index (κ3) is 4.04. The molecule has 0 saturated heterocycles. The summed E-state index contributed by atoms with van der Waals surface area (Å²) in [6.07, 6.45) is 0. The molecule has 2 aromatic carbocycles. The van der Waals surface area contributed by atoms with Gasteiger partial charge in [-0.2, -0.15) is 0 Å². The monoisotopic (exact) mass is 421 g/mol. The molecule has 7 nitrogen and oxygen atoms in total. The van der Waals surface area contributed by atoms with Crippen LogP contribution in [0.5, 0.6) is 5.75 Å². The second kappa shape index (κ2) is 8.38. The molecule has 0 unspecified atom stereocenters. The van der Waals surface area contributed by atoms with Crippen molar-refractivity contribution in [2.75, 3.05) is 12.4 Å². The van der Waals surface area contributed by atoms with Crippen LogP contribution in [0, 0.1) is 0 Å². The van der Waals surface area contributed by atoms with E-state index in [-0.39, 0.29) is 11.8 Å². The van der Waals surface area contributed by atoms with Gasteiger partial charge in [0.25, 0.3) is 5.91 Å². The van der Waals surface area contributed by atoms with Gasteiger partial charge in [0.1, 0.15) is 17.2 Å². The first-order valence-electron chi connectivity index (χ1n) is 9.21. The van der Waals surface area contributed by atoms with Crippen LogP contribution in [0.1, 0.15) is 23.0 Å². The van der Waals surface area contributed by atoms with Crippen molar-refractivity contribution in [3.63, 3.8) is 0 Å². The molecule has 0 fully saturated rings. The fourth-order valence-electron chi connectivity index (χ4n) is 3.08. The van der Waals surface area contributed by atoms with Crippen molar-refractivity contribution in [2.24, 2.45) is 0 Å².